The van der Waals surface area contributed by atoms with Crippen molar-refractivity contribution in [2.24, 2.45) is 13.0 Å². The van der Waals surface area contributed by atoms with E-state index >= 15 is 0 Å². The summed E-state index contributed by atoms with van der Waals surface area (Å²) < 4.78 is 45.1. The minimum absolute atomic E-state index is 0.134. The molecule has 3 heterocycles. The molecule has 0 spiro atoms. The van der Waals surface area contributed by atoms with Gasteiger partial charge in [-0.25, -0.2) is 9.78 Å². The standard InChI is InChI=1S/C21H20ClF3N4O2/c1-28-11-18(22)17-6-13(7-26-19(17)28)8-27-20(30)29-9-14(10-29)12-31-16-4-2-15(3-5-16)21(23,24)25/h2-7,11,14H,8-10,12H2,1H3,(H,27,30). The van der Waals surface area contributed by atoms with Crippen molar-refractivity contribution in [3.05, 3.63) is 58.9 Å². The van der Waals surface area contributed by atoms with Crippen LogP contribution in [0, 0.1) is 5.92 Å². The maximum atomic E-state index is 12.6. The molecule has 1 fully saturated rings. The van der Waals surface area contributed by atoms with Gasteiger partial charge in [0.05, 0.1) is 17.2 Å². The SMILES string of the molecule is Cn1cc(Cl)c2cc(CNC(=O)N3CC(COc4ccc(C(F)(F)F)cc4)C3)cnc21. The number of halogens is 4. The summed E-state index contributed by atoms with van der Waals surface area (Å²) in [6.07, 6.45) is -0.875. The van der Waals surface area contributed by atoms with Crippen LogP contribution in [0.1, 0.15) is 11.1 Å². The second-order valence-electron chi connectivity index (χ2n) is 7.57. The third-order valence-electron chi connectivity index (χ3n) is 5.18. The van der Waals surface area contributed by atoms with Gasteiger partial charge in [-0.3, -0.25) is 0 Å². The van der Waals surface area contributed by atoms with Gasteiger partial charge in [0, 0.05) is 50.4 Å². The van der Waals surface area contributed by atoms with Gasteiger partial charge in [0.2, 0.25) is 0 Å². The molecule has 6 nitrogen and oxygen atoms in total. The monoisotopic (exact) mass is 452 g/mol. The highest BCUT2D eigenvalue weighted by molar-refractivity contribution is 6.35. The van der Waals surface area contributed by atoms with E-state index in [9.17, 15) is 18.0 Å². The average Bonchev–Trinajstić information content (AvgIpc) is 2.98. The van der Waals surface area contributed by atoms with E-state index in [1.807, 2.05) is 17.7 Å². The first-order chi connectivity index (χ1) is 14.7. The van der Waals surface area contributed by atoms with Crippen molar-refractivity contribution in [1.29, 1.82) is 0 Å². The van der Waals surface area contributed by atoms with Crippen LogP contribution in [0.4, 0.5) is 18.0 Å². The van der Waals surface area contributed by atoms with Gasteiger partial charge in [-0.15, -0.1) is 0 Å². The van der Waals surface area contributed by atoms with Gasteiger partial charge >= 0.3 is 12.2 Å². The summed E-state index contributed by atoms with van der Waals surface area (Å²) in [5, 5.41) is 4.30. The molecule has 0 atom stereocenters. The van der Waals surface area contributed by atoms with E-state index in [2.05, 4.69) is 10.3 Å². The molecule has 2 amide bonds. The lowest BCUT2D eigenvalue weighted by molar-refractivity contribution is -0.137. The Labute approximate surface area is 181 Å². The number of amides is 2. The van der Waals surface area contributed by atoms with E-state index < -0.39 is 11.7 Å². The Morgan fingerprint density at radius 3 is 2.68 bits per heavy atom. The number of nitrogens with zero attached hydrogens (tertiary/aromatic N) is 3. The van der Waals surface area contributed by atoms with Crippen LogP contribution in [0.25, 0.3) is 11.0 Å². The highest BCUT2D eigenvalue weighted by atomic mass is 35.5. The fourth-order valence-electron chi connectivity index (χ4n) is 3.44. The summed E-state index contributed by atoms with van der Waals surface area (Å²) >= 11 is 6.19. The summed E-state index contributed by atoms with van der Waals surface area (Å²) in [4.78, 5) is 18.3. The van der Waals surface area contributed by atoms with Crippen LogP contribution in [-0.2, 0) is 19.8 Å². The van der Waals surface area contributed by atoms with Crippen LogP contribution >= 0.6 is 11.6 Å². The zero-order valence-corrected chi connectivity index (χ0v) is 17.4. The smallest absolute Gasteiger partial charge is 0.416 e. The van der Waals surface area contributed by atoms with E-state index in [1.54, 1.807) is 17.3 Å². The van der Waals surface area contributed by atoms with Crippen molar-refractivity contribution in [3.63, 3.8) is 0 Å². The number of fused-ring (bicyclic) bond motifs is 1. The first kappa shape index (κ1) is 21.3. The Morgan fingerprint density at radius 2 is 2.00 bits per heavy atom. The Kier molecular flexibility index (Phi) is 5.70. The largest absolute Gasteiger partial charge is 0.493 e. The average molecular weight is 453 g/mol. The molecule has 1 N–H and O–H groups in total. The molecule has 10 heteroatoms. The van der Waals surface area contributed by atoms with Crippen molar-refractivity contribution in [2.75, 3.05) is 19.7 Å². The molecule has 1 aliphatic heterocycles. The Balaban J connectivity index is 1.21. The first-order valence-corrected chi connectivity index (χ1v) is 10.0. The van der Waals surface area contributed by atoms with Crippen LogP contribution < -0.4 is 10.1 Å². The summed E-state index contributed by atoms with van der Waals surface area (Å²) in [6.45, 7) is 1.71. The molecule has 0 unspecified atom stereocenters. The summed E-state index contributed by atoms with van der Waals surface area (Å²) in [5.74, 6) is 0.507. The molecule has 2 aromatic heterocycles. The maximum Gasteiger partial charge on any atom is 0.416 e. The predicted octanol–water partition coefficient (Wildman–Crippen LogP) is 4.47. The van der Waals surface area contributed by atoms with Crippen LogP contribution in [0.2, 0.25) is 5.02 Å². The summed E-state index contributed by atoms with van der Waals surface area (Å²) in [7, 11) is 1.87. The van der Waals surface area contributed by atoms with Crippen molar-refractivity contribution in [3.8, 4) is 5.75 Å². The van der Waals surface area contributed by atoms with Crippen molar-refractivity contribution >= 4 is 28.7 Å². The maximum absolute atomic E-state index is 12.6. The number of aryl methyl sites for hydroxylation is 1. The third-order valence-corrected chi connectivity index (χ3v) is 5.48. The topological polar surface area (TPSA) is 59.4 Å². The molecule has 4 rings (SSSR count). The molecule has 0 saturated carbocycles. The zero-order chi connectivity index (χ0) is 22.2. The molecule has 31 heavy (non-hydrogen) atoms. The van der Waals surface area contributed by atoms with E-state index in [1.165, 1.54) is 12.1 Å². The number of rotatable bonds is 5. The third kappa shape index (κ3) is 4.71. The van der Waals surface area contributed by atoms with Crippen LogP contribution in [0.3, 0.4) is 0 Å². The van der Waals surface area contributed by atoms with E-state index in [-0.39, 0.29) is 11.9 Å². The van der Waals surface area contributed by atoms with Crippen LogP contribution in [-0.4, -0.2) is 40.2 Å². The number of benzene rings is 1. The minimum Gasteiger partial charge on any atom is -0.493 e. The molecule has 0 aliphatic carbocycles. The van der Waals surface area contributed by atoms with Crippen molar-refractivity contribution in [2.45, 2.75) is 12.7 Å². The number of urea groups is 1. The highest BCUT2D eigenvalue weighted by Gasteiger charge is 2.32. The number of carbonyl (C=O) groups excluding carboxylic acids is 1. The lowest BCUT2D eigenvalue weighted by atomic mass is 10.0. The van der Waals surface area contributed by atoms with E-state index in [0.29, 0.717) is 37.0 Å². The quantitative estimate of drug-likeness (QED) is 0.621. The summed E-state index contributed by atoms with van der Waals surface area (Å²) in [6, 6.07) is 6.30. The highest BCUT2D eigenvalue weighted by Crippen LogP contribution is 2.30. The molecular formula is C21H20ClF3N4O2. The fraction of sp³-hybridized carbons (Fsp3) is 0.333. The molecule has 1 saturated heterocycles. The molecular weight excluding hydrogens is 433 g/mol. The number of hydrogen-bond acceptors (Lipinski definition) is 3. The lowest BCUT2D eigenvalue weighted by Gasteiger charge is -2.38. The second kappa shape index (κ2) is 8.30. The van der Waals surface area contributed by atoms with Gasteiger partial charge < -0.3 is 19.5 Å². The number of pyridine rings is 1. The number of aromatic nitrogens is 2. The molecule has 1 aromatic carbocycles. The van der Waals surface area contributed by atoms with Gasteiger partial charge in [-0.2, -0.15) is 13.2 Å². The van der Waals surface area contributed by atoms with E-state index in [0.717, 1.165) is 28.7 Å². The van der Waals surface area contributed by atoms with Crippen molar-refractivity contribution < 1.29 is 22.7 Å². The Morgan fingerprint density at radius 1 is 1.29 bits per heavy atom. The van der Waals surface area contributed by atoms with E-state index in [4.69, 9.17) is 16.3 Å². The Hall–Kier alpha value is -2.94. The normalized spacial score (nSPS) is 14.5. The number of alkyl halides is 3. The number of carbonyl (C=O) groups is 1. The van der Waals surface area contributed by atoms with Gasteiger partial charge in [-0.1, -0.05) is 11.6 Å². The van der Waals surface area contributed by atoms with Gasteiger partial charge in [0.1, 0.15) is 11.4 Å². The molecule has 3 aromatic rings. The molecule has 1 aliphatic rings. The molecule has 0 radical (unpaired) electrons. The fourth-order valence-corrected chi connectivity index (χ4v) is 3.73. The predicted molar refractivity (Wildman–Crippen MR) is 110 cm³/mol. The number of likely N-dealkylation sites (tertiary alicyclic amines) is 1. The second-order valence-corrected chi connectivity index (χ2v) is 7.97. The van der Waals surface area contributed by atoms with Gasteiger partial charge in [0.15, 0.2) is 0 Å². The van der Waals surface area contributed by atoms with Crippen LogP contribution in [0.5, 0.6) is 5.75 Å². The number of nitrogens with one attached hydrogen (secondary N) is 1. The molecule has 0 bridgehead atoms. The first-order valence-electron chi connectivity index (χ1n) is 9.63. The van der Waals surface area contributed by atoms with Crippen molar-refractivity contribution in [1.82, 2.24) is 19.8 Å². The minimum atomic E-state index is -4.37. The van der Waals surface area contributed by atoms with Crippen LogP contribution in [0.15, 0.2) is 42.7 Å². The number of hydrogen-bond donors (Lipinski definition) is 1. The van der Waals surface area contributed by atoms with Gasteiger partial charge in [0.25, 0.3) is 0 Å². The summed E-state index contributed by atoms with van der Waals surface area (Å²) in [5.41, 5.74) is 0.908. The lowest BCUT2D eigenvalue weighted by Crippen LogP contribution is -2.55. The zero-order valence-electron chi connectivity index (χ0n) is 16.6. The Bertz CT molecular complexity index is 1090. The molecule has 164 valence electrons. The number of ether oxygens (including phenoxy) is 1. The van der Waals surface area contributed by atoms with Gasteiger partial charge in [-0.05, 0) is 35.9 Å².